The van der Waals surface area contributed by atoms with Gasteiger partial charge in [0.2, 0.25) is 5.91 Å². The first-order valence-electron chi connectivity index (χ1n) is 21.2. The summed E-state index contributed by atoms with van der Waals surface area (Å²) in [7, 11) is 1.70. The number of amides is 2. The maximum Gasteiger partial charge on any atom is 0.435 e. The van der Waals surface area contributed by atoms with Crippen LogP contribution in [0.25, 0.3) is 33.7 Å². The number of pyridine rings is 1. The van der Waals surface area contributed by atoms with E-state index in [1.165, 1.54) is 22.0 Å². The molecule has 0 radical (unpaired) electrons. The summed E-state index contributed by atoms with van der Waals surface area (Å²) in [5, 5.41) is 34.6. The molecular formula is C43H45F4N13O4. The molecule has 5 aromatic heterocycles. The summed E-state index contributed by atoms with van der Waals surface area (Å²) in [4.78, 5) is 36.6. The van der Waals surface area contributed by atoms with Gasteiger partial charge in [0.15, 0.2) is 18.1 Å². The third-order valence-corrected chi connectivity index (χ3v) is 11.9. The fraction of sp³-hybridized carbons (Fsp3) is 0.465. The molecule has 3 aliphatic rings. The topological polar surface area (TPSA) is 189 Å². The molecule has 2 saturated heterocycles. The lowest BCUT2D eigenvalue weighted by atomic mass is 9.89. The highest BCUT2D eigenvalue weighted by Gasteiger charge is 2.40. The average Bonchev–Trinajstić information content (AvgIpc) is 4.10. The number of nitrogens with zero attached hydrogens (tertiary/aromatic N) is 12. The van der Waals surface area contributed by atoms with E-state index in [2.05, 4.69) is 36.9 Å². The predicted molar refractivity (Wildman–Crippen MR) is 219 cm³/mol. The summed E-state index contributed by atoms with van der Waals surface area (Å²) in [6, 6.07) is 6.23. The van der Waals surface area contributed by atoms with Gasteiger partial charge in [-0.1, -0.05) is 0 Å². The second kappa shape index (κ2) is 16.9. The van der Waals surface area contributed by atoms with Crippen LogP contribution in [0.4, 0.5) is 17.6 Å². The van der Waals surface area contributed by atoms with Crippen LogP contribution in [-0.2, 0) is 46.9 Å². The van der Waals surface area contributed by atoms with Crippen LogP contribution in [-0.4, -0.2) is 97.4 Å². The number of carbonyl (C=O) groups is 2. The molecule has 8 heterocycles. The van der Waals surface area contributed by atoms with Crippen molar-refractivity contribution in [3.63, 3.8) is 0 Å². The predicted octanol–water partition coefficient (Wildman–Crippen LogP) is 5.92. The van der Waals surface area contributed by atoms with Crippen molar-refractivity contribution in [3.8, 4) is 28.7 Å². The quantitative estimate of drug-likeness (QED) is 0.152. The number of ether oxygens (including phenoxy) is 2. The molecule has 3 atom stereocenters. The number of carbonyl (C=O) groups excluding carboxylic acids is 2. The lowest BCUT2D eigenvalue weighted by molar-refractivity contribution is -0.141. The first kappa shape index (κ1) is 42.8. The molecule has 334 valence electrons. The third-order valence-electron chi connectivity index (χ3n) is 11.9. The molecule has 0 bridgehead atoms. The van der Waals surface area contributed by atoms with Gasteiger partial charge >= 0.3 is 6.18 Å². The minimum atomic E-state index is -4.78. The summed E-state index contributed by atoms with van der Waals surface area (Å²) >= 11 is 0. The van der Waals surface area contributed by atoms with Crippen LogP contribution < -0.4 is 5.32 Å². The number of hydrogen-bond acceptors (Lipinski definition) is 11. The number of aromatic nitrogens is 10. The number of hydrogen-bond donors (Lipinski definition) is 1. The molecule has 2 unspecified atom stereocenters. The Balaban J connectivity index is 1.01. The monoisotopic (exact) mass is 883 g/mol. The number of nitrogens with one attached hydrogen (secondary N) is 1. The van der Waals surface area contributed by atoms with Crippen LogP contribution in [0.5, 0.6) is 0 Å². The molecule has 0 aliphatic carbocycles. The van der Waals surface area contributed by atoms with Gasteiger partial charge in [-0.05, 0) is 94.2 Å². The summed E-state index contributed by atoms with van der Waals surface area (Å²) in [6.07, 6.45) is 5.87. The molecule has 21 heteroatoms. The first-order valence-corrected chi connectivity index (χ1v) is 21.2. The fourth-order valence-electron chi connectivity index (χ4n) is 8.81. The molecule has 17 nitrogen and oxygen atoms in total. The number of benzene rings is 1. The van der Waals surface area contributed by atoms with E-state index < -0.39 is 47.3 Å². The molecule has 1 N–H and O–H groups in total. The number of nitriles is 1. The number of alkyl halides is 3. The van der Waals surface area contributed by atoms with Crippen molar-refractivity contribution < 1.29 is 36.6 Å². The van der Waals surface area contributed by atoms with E-state index in [1.54, 1.807) is 54.9 Å². The van der Waals surface area contributed by atoms with Crippen molar-refractivity contribution in [1.82, 2.24) is 59.5 Å². The molecular weight excluding hydrogens is 839 g/mol. The van der Waals surface area contributed by atoms with E-state index >= 15 is 4.39 Å². The Morgan fingerprint density at radius 2 is 1.77 bits per heavy atom. The lowest BCUT2D eigenvalue weighted by Gasteiger charge is -2.37. The first-order chi connectivity index (χ1) is 30.7. The zero-order chi connectivity index (χ0) is 44.9. The van der Waals surface area contributed by atoms with Gasteiger partial charge in [0.25, 0.3) is 5.91 Å². The molecule has 6 aromatic rings. The Morgan fingerprint density at radius 1 is 1.00 bits per heavy atom. The Kier molecular flexibility index (Phi) is 11.3. The highest BCUT2D eigenvalue weighted by Crippen LogP contribution is 2.37. The van der Waals surface area contributed by atoms with Crippen molar-refractivity contribution in [2.24, 2.45) is 7.05 Å². The summed E-state index contributed by atoms with van der Waals surface area (Å²) in [5.41, 5.74) is 0.419. The lowest BCUT2D eigenvalue weighted by Crippen LogP contribution is -2.58. The Morgan fingerprint density at radius 3 is 2.45 bits per heavy atom. The van der Waals surface area contributed by atoms with Gasteiger partial charge in [0, 0.05) is 45.0 Å². The van der Waals surface area contributed by atoms with Crippen molar-refractivity contribution >= 4 is 22.8 Å². The minimum absolute atomic E-state index is 0.0127. The van der Waals surface area contributed by atoms with Gasteiger partial charge < -0.3 is 19.7 Å². The third kappa shape index (κ3) is 8.34. The molecule has 0 spiro atoms. The normalized spacial score (nSPS) is 18.8. The van der Waals surface area contributed by atoms with E-state index in [0.717, 1.165) is 48.9 Å². The van der Waals surface area contributed by atoms with Crippen molar-refractivity contribution in [2.45, 2.75) is 102 Å². The Hall–Kier alpha value is -6.53. The summed E-state index contributed by atoms with van der Waals surface area (Å²) < 4.78 is 74.4. The highest BCUT2D eigenvalue weighted by atomic mass is 19.4. The van der Waals surface area contributed by atoms with E-state index in [-0.39, 0.29) is 60.4 Å². The highest BCUT2D eigenvalue weighted by molar-refractivity contribution is 6.02. The van der Waals surface area contributed by atoms with Gasteiger partial charge in [0.05, 0.1) is 58.7 Å². The smallest absolute Gasteiger partial charge is 0.356 e. The Bertz CT molecular complexity index is 2770. The van der Waals surface area contributed by atoms with E-state index in [0.29, 0.717) is 47.4 Å². The van der Waals surface area contributed by atoms with E-state index in [1.807, 2.05) is 0 Å². The Labute approximate surface area is 363 Å². The van der Waals surface area contributed by atoms with Gasteiger partial charge in [0.1, 0.15) is 29.1 Å². The second-order valence-electron chi connectivity index (χ2n) is 17.1. The molecule has 1 aromatic carbocycles. The van der Waals surface area contributed by atoms with Gasteiger partial charge in [-0.2, -0.15) is 43.6 Å². The maximum atomic E-state index is 16.0. The van der Waals surface area contributed by atoms with Crippen LogP contribution in [0.2, 0.25) is 0 Å². The van der Waals surface area contributed by atoms with Crippen LogP contribution in [0.1, 0.15) is 97.6 Å². The van der Waals surface area contributed by atoms with Crippen LogP contribution >= 0.6 is 0 Å². The maximum absolute atomic E-state index is 16.0. The number of aryl methyl sites for hydroxylation is 1. The molecule has 9 rings (SSSR count). The van der Waals surface area contributed by atoms with Gasteiger partial charge in [-0.3, -0.25) is 19.0 Å². The second-order valence-corrected chi connectivity index (χ2v) is 17.1. The van der Waals surface area contributed by atoms with Crippen molar-refractivity contribution in [1.29, 1.82) is 5.26 Å². The SMILES string of the molecule is Cn1cc(C[C@H](C(=O)NC(C)(C)Cn2nc(C(F)(F)F)cc2-c2cnn(C3CCCCO3)n2)N2CCc3c(-c4nc5cnn(C6CCCCO6)c5cc4C#N)ccc(F)c3C2=O)cn1. The van der Waals surface area contributed by atoms with Crippen LogP contribution in [0.15, 0.2) is 49.1 Å². The van der Waals surface area contributed by atoms with Crippen LogP contribution in [0.3, 0.4) is 0 Å². The largest absolute Gasteiger partial charge is 0.435 e. The molecule has 3 aliphatic heterocycles. The van der Waals surface area contributed by atoms with Crippen LogP contribution in [0, 0.1) is 17.1 Å². The van der Waals surface area contributed by atoms with Crippen molar-refractivity contribution in [2.75, 3.05) is 19.8 Å². The average molecular weight is 884 g/mol. The zero-order valence-corrected chi connectivity index (χ0v) is 35.3. The van der Waals surface area contributed by atoms with E-state index in [4.69, 9.17) is 14.5 Å². The number of fused-ring (bicyclic) bond motifs is 2. The molecule has 0 saturated carbocycles. The molecule has 2 fully saturated rings. The summed E-state index contributed by atoms with van der Waals surface area (Å²) in [5.74, 6) is -2.20. The fourth-order valence-corrected chi connectivity index (χ4v) is 8.81. The molecule has 64 heavy (non-hydrogen) atoms. The zero-order valence-electron chi connectivity index (χ0n) is 35.3. The van der Waals surface area contributed by atoms with Crippen molar-refractivity contribution in [3.05, 3.63) is 82.8 Å². The number of rotatable bonds is 11. The molecule has 2 amide bonds. The standard InChI is InChI=1S/C43H45F4N13O4/c1-42(2,24-58-32(18-35(55-58)43(45,46)47)31-22-51-60(54-31)37-9-5-7-15-64-37)53-40(61)34(16-25-20-49-56(3)23-25)57-13-12-27-28(10-11-29(44)38(27)41(57)62)39-26(19-48)17-33-30(52-39)21-50-59(33)36-8-4-6-14-63-36/h10-11,17-18,20-23,34,36-37H,4-9,12-16,24H2,1-3H3,(H,53,61)/t34-,36?,37?/m1/s1. The summed E-state index contributed by atoms with van der Waals surface area (Å²) in [6.45, 7) is 4.11. The van der Waals surface area contributed by atoms with E-state index in [9.17, 15) is 28.0 Å². The van der Waals surface area contributed by atoms with Gasteiger partial charge in [-0.25, -0.2) is 14.1 Å². The minimum Gasteiger partial charge on any atom is -0.356 e. The number of halogens is 4. The van der Waals surface area contributed by atoms with Gasteiger partial charge in [-0.15, -0.1) is 5.10 Å².